The molecule has 0 spiro atoms. The quantitative estimate of drug-likeness (QED) is 0.0709. The number of nitrogens with zero attached hydrogens (tertiary/aromatic N) is 1. The van der Waals surface area contributed by atoms with Gasteiger partial charge in [-0.3, -0.25) is 0 Å². The molecule has 0 atom stereocenters. The maximum Gasteiger partial charge on any atom is 0.330 e. The van der Waals surface area contributed by atoms with E-state index in [0.29, 0.717) is 0 Å². The van der Waals surface area contributed by atoms with Gasteiger partial charge in [0, 0.05) is 23.1 Å². The third kappa shape index (κ3) is 9.65. The molecule has 0 aromatic heterocycles. The van der Waals surface area contributed by atoms with Crippen molar-refractivity contribution in [1.29, 1.82) is 0 Å². The number of aryl methyl sites for hydroxylation is 4. The Morgan fingerprint density at radius 2 is 0.754 bits per heavy atom. The maximum atomic E-state index is 11.7. The Kier molecular flexibility index (Phi) is 11.9. The molecule has 0 bridgehead atoms. The van der Waals surface area contributed by atoms with E-state index in [1.54, 1.807) is 0 Å². The van der Waals surface area contributed by atoms with Crippen molar-refractivity contribution in [3.8, 4) is 0 Å². The summed E-state index contributed by atoms with van der Waals surface area (Å²) in [6.45, 7) is 12.2. The predicted molar refractivity (Wildman–Crippen MR) is 240 cm³/mol. The monoisotopic (exact) mass is 741 g/mol. The predicted octanol–water partition coefficient (Wildman–Crippen LogP) is 13.8. The second-order valence-corrected chi connectivity index (χ2v) is 14.6. The Hall–Kier alpha value is -6.97. The Morgan fingerprint density at radius 1 is 0.456 bits per heavy atom. The van der Waals surface area contributed by atoms with Crippen LogP contribution in [0.25, 0.3) is 23.3 Å². The number of carbonyl (C=O) groups excluding carboxylic acids is 1. The lowest BCUT2D eigenvalue weighted by Gasteiger charge is -2.26. The van der Waals surface area contributed by atoms with Crippen LogP contribution in [-0.4, -0.2) is 5.97 Å². The van der Waals surface area contributed by atoms with E-state index in [0.717, 1.165) is 33.8 Å². The summed E-state index contributed by atoms with van der Waals surface area (Å²) in [6, 6.07) is 60.5. The van der Waals surface area contributed by atoms with E-state index in [9.17, 15) is 4.79 Å². The van der Waals surface area contributed by atoms with Crippen LogP contribution < -0.4 is 4.90 Å². The molecule has 3 heteroatoms. The first-order valence-corrected chi connectivity index (χ1v) is 19.3. The molecule has 0 aliphatic carbocycles. The van der Waals surface area contributed by atoms with Crippen LogP contribution in [0.3, 0.4) is 0 Å². The van der Waals surface area contributed by atoms with Crippen LogP contribution in [0.1, 0.15) is 61.2 Å². The van der Waals surface area contributed by atoms with Gasteiger partial charge in [0.15, 0.2) is 0 Å². The van der Waals surface area contributed by atoms with Crippen molar-refractivity contribution in [3.05, 3.63) is 244 Å². The fourth-order valence-corrected chi connectivity index (χ4v) is 6.77. The van der Waals surface area contributed by atoms with E-state index in [-0.39, 0.29) is 6.61 Å². The van der Waals surface area contributed by atoms with Gasteiger partial charge in [-0.05, 0) is 126 Å². The fourth-order valence-electron chi connectivity index (χ4n) is 6.77. The molecule has 0 aliphatic heterocycles. The van der Waals surface area contributed by atoms with Crippen molar-refractivity contribution in [3.63, 3.8) is 0 Å². The minimum Gasteiger partial charge on any atom is -0.458 e. The summed E-state index contributed by atoms with van der Waals surface area (Å²) in [5.41, 5.74) is 18.1. The Balaban J connectivity index is 1.26. The summed E-state index contributed by atoms with van der Waals surface area (Å²) in [6.07, 6.45) is 5.72. The summed E-state index contributed by atoms with van der Waals surface area (Å²) in [5, 5.41) is 0. The van der Waals surface area contributed by atoms with Gasteiger partial charge in [-0.25, -0.2) is 4.79 Å². The fraction of sp³-hybridized carbons (Fsp3) is 0.0926. The van der Waals surface area contributed by atoms with Crippen molar-refractivity contribution in [2.75, 3.05) is 4.90 Å². The summed E-state index contributed by atoms with van der Waals surface area (Å²) >= 11 is 0. The van der Waals surface area contributed by atoms with Crippen LogP contribution in [0.4, 0.5) is 17.1 Å². The summed E-state index contributed by atoms with van der Waals surface area (Å²) < 4.78 is 5.31. The molecule has 57 heavy (non-hydrogen) atoms. The van der Waals surface area contributed by atoms with Crippen LogP contribution in [0, 0.1) is 27.7 Å². The number of benzene rings is 7. The minimum absolute atomic E-state index is 0.182. The molecule has 0 N–H and O–H groups in total. The second kappa shape index (κ2) is 17.7. The van der Waals surface area contributed by atoms with E-state index in [1.165, 1.54) is 61.7 Å². The van der Waals surface area contributed by atoms with Gasteiger partial charge in [0.2, 0.25) is 0 Å². The zero-order valence-electron chi connectivity index (χ0n) is 33.1. The molecule has 0 unspecified atom stereocenters. The minimum atomic E-state index is -0.440. The van der Waals surface area contributed by atoms with Crippen molar-refractivity contribution in [2.24, 2.45) is 0 Å². The molecule has 0 saturated carbocycles. The second-order valence-electron chi connectivity index (χ2n) is 14.6. The van der Waals surface area contributed by atoms with Gasteiger partial charge in [-0.2, -0.15) is 0 Å². The normalized spacial score (nSPS) is 10.7. The van der Waals surface area contributed by atoms with E-state index in [1.807, 2.05) is 12.1 Å². The summed E-state index contributed by atoms with van der Waals surface area (Å²) in [4.78, 5) is 14.0. The number of ether oxygens (including phenoxy) is 1. The SMILES string of the molecule is C=CC(=O)OCc1ccc(N(c2ccc(C=C(c3ccc(C)cc3)c3ccc(C)cc3)cc2)c2ccc(C=C(c3ccc(C)cc3)c3ccc(C)cc3)cc2)cc1. The molecule has 0 saturated heterocycles. The third-order valence-electron chi connectivity index (χ3n) is 10.1. The molecule has 0 heterocycles. The first-order chi connectivity index (χ1) is 27.7. The lowest BCUT2D eigenvalue weighted by atomic mass is 9.94. The average molecular weight is 742 g/mol. The van der Waals surface area contributed by atoms with Crippen LogP contribution in [0.5, 0.6) is 0 Å². The smallest absolute Gasteiger partial charge is 0.330 e. The van der Waals surface area contributed by atoms with Crippen molar-refractivity contribution >= 4 is 46.3 Å². The molecular formula is C54H47NO2. The average Bonchev–Trinajstić information content (AvgIpc) is 3.24. The van der Waals surface area contributed by atoms with Gasteiger partial charge in [0.25, 0.3) is 0 Å². The number of hydrogen-bond donors (Lipinski definition) is 0. The number of carbonyl (C=O) groups is 1. The van der Waals surface area contributed by atoms with Gasteiger partial charge in [-0.15, -0.1) is 0 Å². The number of esters is 1. The molecule has 7 aromatic rings. The third-order valence-corrected chi connectivity index (χ3v) is 10.1. The van der Waals surface area contributed by atoms with E-state index in [4.69, 9.17) is 4.74 Å². The molecule has 7 aromatic carbocycles. The largest absolute Gasteiger partial charge is 0.458 e. The van der Waals surface area contributed by atoms with Crippen LogP contribution in [-0.2, 0) is 16.1 Å². The molecule has 0 aliphatic rings. The van der Waals surface area contributed by atoms with Crippen molar-refractivity contribution < 1.29 is 9.53 Å². The van der Waals surface area contributed by atoms with Gasteiger partial charge in [-0.1, -0.05) is 162 Å². The maximum absolute atomic E-state index is 11.7. The highest BCUT2D eigenvalue weighted by atomic mass is 16.5. The van der Waals surface area contributed by atoms with Gasteiger partial charge in [0.1, 0.15) is 6.61 Å². The van der Waals surface area contributed by atoms with E-state index >= 15 is 0 Å². The highest BCUT2D eigenvalue weighted by Crippen LogP contribution is 2.37. The highest BCUT2D eigenvalue weighted by molar-refractivity contribution is 5.93. The molecule has 280 valence electrons. The van der Waals surface area contributed by atoms with Crippen LogP contribution in [0.2, 0.25) is 0 Å². The molecule has 3 nitrogen and oxygen atoms in total. The molecular weight excluding hydrogens is 695 g/mol. The van der Waals surface area contributed by atoms with Gasteiger partial charge < -0.3 is 9.64 Å². The molecule has 0 fully saturated rings. The first-order valence-electron chi connectivity index (χ1n) is 19.3. The number of anilines is 3. The Labute approximate surface area is 337 Å². The summed E-state index contributed by atoms with van der Waals surface area (Å²) in [5.74, 6) is -0.440. The molecule has 0 radical (unpaired) electrons. The lowest BCUT2D eigenvalue weighted by Crippen LogP contribution is -2.10. The van der Waals surface area contributed by atoms with Crippen LogP contribution >= 0.6 is 0 Å². The van der Waals surface area contributed by atoms with Crippen LogP contribution in [0.15, 0.2) is 183 Å². The highest BCUT2D eigenvalue weighted by Gasteiger charge is 2.14. The number of hydrogen-bond acceptors (Lipinski definition) is 3. The zero-order valence-corrected chi connectivity index (χ0v) is 33.1. The molecule has 7 rings (SSSR count). The number of rotatable bonds is 12. The van der Waals surface area contributed by atoms with E-state index in [2.05, 4.69) is 209 Å². The summed E-state index contributed by atoms with van der Waals surface area (Å²) in [7, 11) is 0. The van der Waals surface area contributed by atoms with Gasteiger partial charge in [0.05, 0.1) is 0 Å². The topological polar surface area (TPSA) is 29.5 Å². The zero-order chi connectivity index (χ0) is 39.7. The Morgan fingerprint density at radius 3 is 1.05 bits per heavy atom. The first kappa shape index (κ1) is 38.3. The standard InChI is InChI=1S/C54H47NO2/c1-6-54(56)57-37-44-19-33-51(34-20-44)55(49-29-15-42(16-30-49)35-52(45-21-7-38(2)8-22-45)46-23-9-39(3)10-24-46)50-31-17-43(18-32-50)36-53(47-25-11-40(4)12-26-47)48-27-13-41(5)14-28-48/h6-36H,1,37H2,2-5H3. The van der Waals surface area contributed by atoms with Crippen molar-refractivity contribution in [1.82, 2.24) is 0 Å². The van der Waals surface area contributed by atoms with E-state index < -0.39 is 5.97 Å². The lowest BCUT2D eigenvalue weighted by molar-refractivity contribution is -0.138. The van der Waals surface area contributed by atoms with Gasteiger partial charge >= 0.3 is 5.97 Å². The Bertz CT molecular complexity index is 2260. The molecule has 0 amide bonds. The van der Waals surface area contributed by atoms with Crippen molar-refractivity contribution in [2.45, 2.75) is 34.3 Å².